The second-order valence-corrected chi connectivity index (χ2v) is 5.70. The maximum Gasteiger partial charge on any atom is 0.212 e. The van der Waals surface area contributed by atoms with Gasteiger partial charge in [0, 0.05) is 24.0 Å². The lowest BCUT2D eigenvalue weighted by Crippen LogP contribution is -2.32. The Kier molecular flexibility index (Phi) is 2.70. The van der Waals surface area contributed by atoms with Crippen LogP contribution in [0.25, 0.3) is 11.3 Å². The molecule has 0 bridgehead atoms. The van der Waals surface area contributed by atoms with E-state index in [0.717, 1.165) is 22.4 Å². The standard InChI is InChI=1S/C19H26N/c1-13(2)9-17-12-20(6)19(11-15(17)4)18-8-7-14(3)10-16(18)5/h7-8,10-13H,9H2,1-6H3/q+1/i3D3,9D2. The minimum absolute atomic E-state index is 0.127. The van der Waals surface area contributed by atoms with Gasteiger partial charge in [-0.25, -0.2) is 4.57 Å². The van der Waals surface area contributed by atoms with Crippen molar-refractivity contribution in [2.24, 2.45) is 13.0 Å². The molecule has 2 aromatic rings. The van der Waals surface area contributed by atoms with E-state index in [-0.39, 0.29) is 5.92 Å². The fourth-order valence-corrected chi connectivity index (χ4v) is 2.43. The Morgan fingerprint density at radius 1 is 1.20 bits per heavy atom. The second kappa shape index (κ2) is 5.78. The molecule has 1 nitrogen and oxygen atoms in total. The third kappa shape index (κ3) is 3.09. The predicted octanol–water partition coefficient (Wildman–Crippen LogP) is 4.30. The van der Waals surface area contributed by atoms with Crippen LogP contribution in [-0.2, 0) is 13.4 Å². The van der Waals surface area contributed by atoms with Gasteiger partial charge in [-0.15, -0.1) is 0 Å². The molecule has 0 unspecified atom stereocenters. The first kappa shape index (κ1) is 9.33. The smallest absolute Gasteiger partial charge is 0.201 e. The van der Waals surface area contributed by atoms with Gasteiger partial charge in [0.2, 0.25) is 5.69 Å². The lowest BCUT2D eigenvalue weighted by molar-refractivity contribution is -0.660. The molecule has 106 valence electrons. The summed E-state index contributed by atoms with van der Waals surface area (Å²) in [5.41, 5.74) is 4.70. The van der Waals surface area contributed by atoms with Gasteiger partial charge in [0.1, 0.15) is 7.05 Å². The summed E-state index contributed by atoms with van der Waals surface area (Å²) in [4.78, 5) is 0. The van der Waals surface area contributed by atoms with Crippen molar-refractivity contribution in [3.05, 3.63) is 52.7 Å². The molecule has 20 heavy (non-hydrogen) atoms. The highest BCUT2D eigenvalue weighted by Crippen LogP contribution is 2.23. The van der Waals surface area contributed by atoms with E-state index in [2.05, 4.69) is 0 Å². The van der Waals surface area contributed by atoms with E-state index in [0.29, 0.717) is 11.1 Å². The van der Waals surface area contributed by atoms with Crippen molar-refractivity contribution in [3.8, 4) is 11.3 Å². The molecule has 0 atom stereocenters. The SMILES string of the molecule is [2H]C([2H])([2H])c1ccc(-c2cc(C)c(C([2H])([2H])C(C)C)c[n+]2C)c(C)c1. The van der Waals surface area contributed by atoms with Crippen LogP contribution < -0.4 is 4.57 Å². The molecule has 1 aromatic carbocycles. The number of hydrogen-bond donors (Lipinski definition) is 0. The highest BCUT2D eigenvalue weighted by molar-refractivity contribution is 5.62. The van der Waals surface area contributed by atoms with Gasteiger partial charge in [-0.1, -0.05) is 31.5 Å². The van der Waals surface area contributed by atoms with E-state index in [1.54, 1.807) is 12.1 Å². The Balaban J connectivity index is 2.57. The summed E-state index contributed by atoms with van der Waals surface area (Å²) in [5.74, 6) is -0.127. The Bertz CT molecular complexity index is 791. The molecule has 2 rings (SSSR count). The molecule has 0 aliphatic carbocycles. The van der Waals surface area contributed by atoms with E-state index >= 15 is 0 Å². The zero-order valence-corrected chi connectivity index (χ0v) is 12.9. The van der Waals surface area contributed by atoms with Crippen LogP contribution in [-0.4, -0.2) is 0 Å². The summed E-state index contributed by atoms with van der Waals surface area (Å²) in [5, 5.41) is 0. The molecule has 0 radical (unpaired) electrons. The molecule has 0 fully saturated rings. The van der Waals surface area contributed by atoms with Gasteiger partial charge >= 0.3 is 0 Å². The highest BCUT2D eigenvalue weighted by atomic mass is 14.9. The van der Waals surface area contributed by atoms with E-state index in [1.165, 1.54) is 0 Å². The fraction of sp³-hybridized carbons (Fsp3) is 0.421. The molecular formula is C19H26N+. The van der Waals surface area contributed by atoms with Crippen molar-refractivity contribution in [1.82, 2.24) is 0 Å². The van der Waals surface area contributed by atoms with E-state index in [1.807, 2.05) is 57.6 Å². The number of hydrogen-bond acceptors (Lipinski definition) is 0. The van der Waals surface area contributed by atoms with Gasteiger partial charge in [-0.3, -0.25) is 0 Å². The number of pyridine rings is 1. The molecule has 1 heteroatoms. The average molecular weight is 273 g/mol. The topological polar surface area (TPSA) is 3.88 Å². The Morgan fingerprint density at radius 2 is 1.95 bits per heavy atom. The van der Waals surface area contributed by atoms with Crippen molar-refractivity contribution >= 4 is 0 Å². The molecule has 0 aliphatic heterocycles. The van der Waals surface area contributed by atoms with Crippen LogP contribution in [0.1, 0.15) is 43.0 Å². The average Bonchev–Trinajstić information content (AvgIpc) is 2.48. The zero-order chi connectivity index (χ0) is 19.2. The first-order valence-electron chi connectivity index (χ1n) is 9.48. The van der Waals surface area contributed by atoms with Crippen LogP contribution >= 0.6 is 0 Å². The molecule has 0 saturated carbocycles. The monoisotopic (exact) mass is 273 g/mol. The second-order valence-electron chi connectivity index (χ2n) is 5.70. The van der Waals surface area contributed by atoms with Crippen LogP contribution in [0.5, 0.6) is 0 Å². The van der Waals surface area contributed by atoms with Crippen molar-refractivity contribution in [3.63, 3.8) is 0 Å². The molecule has 1 heterocycles. The summed E-state index contributed by atoms with van der Waals surface area (Å²) in [6.45, 7) is 5.47. The van der Waals surface area contributed by atoms with Crippen molar-refractivity contribution in [2.45, 2.75) is 40.9 Å². The molecular weight excluding hydrogens is 242 g/mol. The first-order chi connectivity index (χ1) is 11.4. The molecule has 0 N–H and O–H groups in total. The Hall–Kier alpha value is -1.63. The van der Waals surface area contributed by atoms with Crippen LogP contribution in [0.15, 0.2) is 30.5 Å². The summed E-state index contributed by atoms with van der Waals surface area (Å²) >= 11 is 0. The van der Waals surface area contributed by atoms with E-state index in [9.17, 15) is 0 Å². The molecule has 0 spiro atoms. The number of benzene rings is 1. The van der Waals surface area contributed by atoms with Crippen molar-refractivity contribution in [1.29, 1.82) is 0 Å². The van der Waals surface area contributed by atoms with Crippen LogP contribution in [0.4, 0.5) is 0 Å². The summed E-state index contributed by atoms with van der Waals surface area (Å²) < 4.78 is 41.3. The van der Waals surface area contributed by atoms with Gasteiger partial charge in [0.25, 0.3) is 0 Å². The minimum Gasteiger partial charge on any atom is -0.201 e. The third-order valence-corrected chi connectivity index (χ3v) is 3.43. The predicted molar refractivity (Wildman–Crippen MR) is 85.8 cm³/mol. The van der Waals surface area contributed by atoms with E-state index < -0.39 is 13.2 Å². The van der Waals surface area contributed by atoms with Gasteiger partial charge in [0.15, 0.2) is 6.20 Å². The van der Waals surface area contributed by atoms with Gasteiger partial charge in [-0.2, -0.15) is 0 Å². The third-order valence-electron chi connectivity index (χ3n) is 3.43. The fourth-order valence-electron chi connectivity index (χ4n) is 2.43. The summed E-state index contributed by atoms with van der Waals surface area (Å²) in [6, 6.07) is 7.17. The van der Waals surface area contributed by atoms with Crippen molar-refractivity contribution < 1.29 is 11.4 Å². The number of aromatic nitrogens is 1. The van der Waals surface area contributed by atoms with Crippen LogP contribution in [0.3, 0.4) is 0 Å². The Morgan fingerprint density at radius 3 is 2.55 bits per heavy atom. The van der Waals surface area contributed by atoms with Gasteiger partial charge < -0.3 is 0 Å². The first-order valence-corrected chi connectivity index (χ1v) is 6.98. The van der Waals surface area contributed by atoms with Gasteiger partial charge in [-0.05, 0) is 50.2 Å². The largest absolute Gasteiger partial charge is 0.212 e. The number of aryl methyl sites for hydroxylation is 4. The van der Waals surface area contributed by atoms with Crippen LogP contribution in [0, 0.1) is 26.6 Å². The lowest BCUT2D eigenvalue weighted by atomic mass is 9.97. The molecule has 0 saturated heterocycles. The van der Waals surface area contributed by atoms with Gasteiger partial charge in [0.05, 0.1) is 0 Å². The molecule has 1 aromatic heterocycles. The highest BCUT2D eigenvalue weighted by Gasteiger charge is 2.16. The van der Waals surface area contributed by atoms with Crippen LogP contribution in [0.2, 0.25) is 0 Å². The molecule has 0 aliphatic rings. The van der Waals surface area contributed by atoms with Crippen molar-refractivity contribution in [2.75, 3.05) is 0 Å². The zero-order valence-electron chi connectivity index (χ0n) is 17.9. The normalized spacial score (nSPS) is 16.2. The minimum atomic E-state index is -2.11. The lowest BCUT2D eigenvalue weighted by Gasteiger charge is -2.11. The summed E-state index contributed by atoms with van der Waals surface area (Å²) in [6.07, 6.45) is 0.447. The summed E-state index contributed by atoms with van der Waals surface area (Å²) in [7, 11) is 1.89. The maximum absolute atomic E-state index is 8.36. The maximum atomic E-state index is 8.36. The molecule has 0 amide bonds. The Labute approximate surface area is 130 Å². The quantitative estimate of drug-likeness (QED) is 0.734. The number of rotatable bonds is 3. The number of nitrogens with zero attached hydrogens (tertiary/aromatic N) is 1. The van der Waals surface area contributed by atoms with E-state index in [4.69, 9.17) is 6.85 Å².